The van der Waals surface area contributed by atoms with Gasteiger partial charge in [0.15, 0.2) is 0 Å². The fourth-order valence-electron chi connectivity index (χ4n) is 17.3. The van der Waals surface area contributed by atoms with Gasteiger partial charge in [-0.15, -0.1) is 0 Å². The zero-order chi connectivity index (χ0) is 80.7. The molecule has 4 aliphatic heterocycles. The largest absolute Gasteiger partial charge is 0.494 e. The number of hydrogen-bond donors (Lipinski definition) is 3. The lowest BCUT2D eigenvalue weighted by Gasteiger charge is -2.40. The first kappa shape index (κ1) is 81.5. The highest BCUT2D eigenvalue weighted by Gasteiger charge is 2.43. The third-order valence-electron chi connectivity index (χ3n) is 23.6. The third-order valence-corrected chi connectivity index (χ3v) is 23.6. The molecule has 6 aromatic carbocycles. The van der Waals surface area contributed by atoms with Crippen molar-refractivity contribution in [1.29, 1.82) is 0 Å². The van der Waals surface area contributed by atoms with Crippen LogP contribution < -0.4 is 35.2 Å². The summed E-state index contributed by atoms with van der Waals surface area (Å²) in [7, 11) is 3.42. The monoisotopic (exact) mass is 1560 g/mol. The SMILES string of the molecule is CC(C)c1cc(N2CCCN(C(CC(=O)NCCN3CCCC3)c3ccn(-c4ccccc4)n3)CC2)c2ncccc2c1.COc1ccc2cccnc2c1N1CCCN(C(c2ccn(-c3ccccc3)n2)C(C)(C)C(N)=O)CC1.COc1ccc2cccnc2c1N1CCCN(C(c2ccn(-c3ccccc3)n2)C(C)(C)CO)CC1. The molecule has 3 unspecified atom stereocenters. The van der Waals surface area contributed by atoms with Gasteiger partial charge in [-0.1, -0.05) is 100 Å². The van der Waals surface area contributed by atoms with E-state index in [0.29, 0.717) is 18.9 Å². The molecule has 23 nitrogen and oxygen atoms in total. The number of ether oxygens (including phenoxy) is 2. The summed E-state index contributed by atoms with van der Waals surface area (Å²) in [5, 5.41) is 31.8. The Bertz CT molecular complexity index is 5200. The van der Waals surface area contributed by atoms with Gasteiger partial charge in [0.2, 0.25) is 11.8 Å². The van der Waals surface area contributed by atoms with Crippen molar-refractivity contribution >= 4 is 61.6 Å². The number of anilines is 3. The van der Waals surface area contributed by atoms with E-state index in [2.05, 4.69) is 145 Å². The molecule has 3 atom stereocenters. The van der Waals surface area contributed by atoms with Crippen LogP contribution >= 0.6 is 0 Å². The second-order valence-electron chi connectivity index (χ2n) is 32.5. The molecule has 23 heteroatoms. The fourth-order valence-corrected chi connectivity index (χ4v) is 17.3. The van der Waals surface area contributed by atoms with Crippen LogP contribution in [0.1, 0.15) is 127 Å². The summed E-state index contributed by atoms with van der Waals surface area (Å²) in [6.07, 6.45) is 17.4. The van der Waals surface area contributed by atoms with Crippen molar-refractivity contribution in [1.82, 2.24) is 69.2 Å². The van der Waals surface area contributed by atoms with E-state index in [-0.39, 0.29) is 42.0 Å². The lowest BCUT2D eigenvalue weighted by atomic mass is 9.80. The topological polar surface area (TPSA) is 226 Å². The number of methoxy groups -OCH3 is 2. The van der Waals surface area contributed by atoms with Gasteiger partial charge in [-0.3, -0.25) is 39.2 Å². The van der Waals surface area contributed by atoms with Crippen LogP contribution in [0.4, 0.5) is 17.1 Å². The van der Waals surface area contributed by atoms with E-state index in [4.69, 9.17) is 40.5 Å². The number of pyridine rings is 3. The van der Waals surface area contributed by atoms with Crippen molar-refractivity contribution in [2.75, 3.05) is 140 Å². The van der Waals surface area contributed by atoms with Crippen molar-refractivity contribution < 1.29 is 24.2 Å². The predicted molar refractivity (Wildman–Crippen MR) is 464 cm³/mol. The smallest absolute Gasteiger partial charge is 0.225 e. The molecule has 4 fully saturated rings. The Morgan fingerprint density at radius 2 is 0.922 bits per heavy atom. The molecular weight excluding hydrogens is 1450 g/mol. The van der Waals surface area contributed by atoms with Crippen LogP contribution in [0.5, 0.6) is 11.5 Å². The van der Waals surface area contributed by atoms with Crippen LogP contribution in [0.15, 0.2) is 219 Å². The van der Waals surface area contributed by atoms with Crippen LogP contribution in [0.2, 0.25) is 0 Å². The number of hydrogen-bond acceptors (Lipinski definition) is 18. The number of fused-ring (bicyclic) bond motifs is 3. The van der Waals surface area contributed by atoms with Crippen molar-refractivity contribution in [2.45, 2.75) is 104 Å². The van der Waals surface area contributed by atoms with Gasteiger partial charge in [0.05, 0.1) is 101 Å². The number of rotatable bonds is 24. The molecular formula is C93H114N18O5. The maximum Gasteiger partial charge on any atom is 0.225 e. The molecule has 0 radical (unpaired) electrons. The molecule has 116 heavy (non-hydrogen) atoms. The summed E-state index contributed by atoms with van der Waals surface area (Å²) < 4.78 is 17.2. The summed E-state index contributed by atoms with van der Waals surface area (Å²) >= 11 is 0. The van der Waals surface area contributed by atoms with Gasteiger partial charge in [0, 0.05) is 157 Å². The number of nitrogens with zero attached hydrogens (tertiary/aromatic N) is 16. The highest BCUT2D eigenvalue weighted by atomic mass is 16.5. The molecule has 0 bridgehead atoms. The molecule has 606 valence electrons. The zero-order valence-corrected chi connectivity index (χ0v) is 68.7. The first-order chi connectivity index (χ1) is 56.5. The Morgan fingerprint density at radius 3 is 1.42 bits per heavy atom. The zero-order valence-electron chi connectivity index (χ0n) is 68.7. The number of aliphatic hydroxyl groups is 1. The molecule has 0 saturated carbocycles. The van der Waals surface area contributed by atoms with Gasteiger partial charge in [-0.2, -0.15) is 15.3 Å². The Labute approximate surface area is 682 Å². The minimum Gasteiger partial charge on any atom is -0.494 e. The van der Waals surface area contributed by atoms with E-state index in [1.165, 1.54) is 29.5 Å². The molecule has 4 saturated heterocycles. The number of amides is 2. The van der Waals surface area contributed by atoms with Crippen molar-refractivity contribution in [3.05, 3.63) is 242 Å². The number of carbonyl (C=O) groups is 2. The van der Waals surface area contributed by atoms with Crippen LogP contribution in [-0.2, 0) is 9.59 Å². The Hall–Kier alpha value is -11.1. The molecule has 4 N–H and O–H groups in total. The number of aromatic nitrogens is 9. The first-order valence-corrected chi connectivity index (χ1v) is 41.4. The number of aliphatic hydroxyl groups excluding tert-OH is 1. The van der Waals surface area contributed by atoms with E-state index in [1.807, 2.05) is 174 Å². The average molecular weight is 1560 g/mol. The molecule has 0 spiro atoms. The lowest BCUT2D eigenvalue weighted by Crippen LogP contribution is -2.47. The highest BCUT2D eigenvalue weighted by Crippen LogP contribution is 2.44. The third kappa shape index (κ3) is 18.9. The van der Waals surface area contributed by atoms with Crippen molar-refractivity contribution in [3.8, 4) is 28.6 Å². The molecule has 4 aliphatic rings. The van der Waals surface area contributed by atoms with Gasteiger partial charge < -0.3 is 45.2 Å². The highest BCUT2D eigenvalue weighted by molar-refractivity contribution is 5.96. The van der Waals surface area contributed by atoms with E-state index in [0.717, 1.165) is 202 Å². The molecule has 6 aromatic heterocycles. The summed E-state index contributed by atoms with van der Waals surface area (Å²) in [5.41, 5.74) is 18.2. The molecule has 2 amide bonds. The van der Waals surface area contributed by atoms with Gasteiger partial charge in [0.25, 0.3) is 0 Å². The Kier molecular flexibility index (Phi) is 26.5. The van der Waals surface area contributed by atoms with Crippen LogP contribution in [0.3, 0.4) is 0 Å². The standard InChI is InChI=1S/C35H45N7O.C29H34N6O2.C29H35N5O2/c1-27(2)29-24-28-10-8-14-37-35(28)33(25-29)41-19-9-18-40(22-23-41)32(26-34(43)36-15-21-39-16-6-7-17-39)31-13-20-42(38-31)30-11-4-3-5-12-30;1-29(2,28(30)36)27(23-14-18-35(32-23)22-10-5-4-6-11-22)34-17-8-16-33(19-20-34)26-24(37-3)13-12-21-9-7-15-31-25(21)26;1-29(2,21-35)28(24-14-18-34(31-24)23-10-5-4-6-11-23)33-17-8-16-32(19-20-33)27-25(36-3)13-12-22-9-7-15-30-26(22)27/h3-5,8,10-14,20,24-25,27,32H,6-7,9,15-19,21-23,26H2,1-2H3,(H,36,43);4-7,9-15,18,27H,8,16-17,19-20H2,1-3H3,(H2,30,36);4-7,9-15,18,28,35H,8,16-17,19-21H2,1-3H3. The number of nitrogens with one attached hydrogen (secondary N) is 1. The van der Waals surface area contributed by atoms with Crippen LogP contribution in [0.25, 0.3) is 49.8 Å². The second kappa shape index (κ2) is 37.7. The second-order valence-corrected chi connectivity index (χ2v) is 32.5. The Balaban J connectivity index is 0.000000144. The number of likely N-dealkylation sites (tertiary alicyclic amines) is 1. The average Bonchev–Trinajstić information content (AvgIpc) is 1.46. The van der Waals surface area contributed by atoms with Gasteiger partial charge in [-0.05, 0) is 180 Å². The van der Waals surface area contributed by atoms with Gasteiger partial charge in [0.1, 0.15) is 22.9 Å². The predicted octanol–water partition coefficient (Wildman–Crippen LogP) is 14.3. The number of nitrogens with two attached hydrogens (primary N) is 1. The summed E-state index contributed by atoms with van der Waals surface area (Å²) in [6, 6.07) is 61.2. The fraction of sp³-hybridized carbons (Fsp3) is 0.398. The van der Waals surface area contributed by atoms with Gasteiger partial charge >= 0.3 is 0 Å². The summed E-state index contributed by atoms with van der Waals surface area (Å²) in [5.74, 6) is 1.87. The van der Waals surface area contributed by atoms with Crippen LogP contribution in [-0.4, -0.2) is 206 Å². The van der Waals surface area contributed by atoms with E-state index < -0.39 is 5.41 Å². The minimum absolute atomic E-state index is 0.0139. The number of carbonyl (C=O) groups excluding carboxylic acids is 2. The maximum atomic E-state index is 13.3. The first-order valence-electron chi connectivity index (χ1n) is 41.4. The van der Waals surface area contributed by atoms with Crippen molar-refractivity contribution in [3.63, 3.8) is 0 Å². The van der Waals surface area contributed by atoms with Crippen LogP contribution in [0, 0.1) is 10.8 Å². The number of benzene rings is 6. The molecule has 0 aliphatic carbocycles. The molecule has 12 aromatic rings. The molecule has 10 heterocycles. The van der Waals surface area contributed by atoms with Crippen molar-refractivity contribution in [2.24, 2.45) is 16.6 Å². The van der Waals surface area contributed by atoms with Gasteiger partial charge in [-0.25, -0.2) is 14.0 Å². The lowest BCUT2D eigenvalue weighted by molar-refractivity contribution is -0.130. The maximum absolute atomic E-state index is 13.3. The Morgan fingerprint density at radius 1 is 0.474 bits per heavy atom. The van der Waals surface area contributed by atoms with E-state index in [9.17, 15) is 14.7 Å². The van der Waals surface area contributed by atoms with E-state index >= 15 is 0 Å². The normalized spacial score (nSPS) is 16.6. The number of para-hydroxylation sites is 3. The molecule has 16 rings (SSSR count). The number of primary amides is 1. The summed E-state index contributed by atoms with van der Waals surface area (Å²) in [4.78, 5) is 57.2. The van der Waals surface area contributed by atoms with E-state index in [1.54, 1.807) is 14.2 Å². The quantitative estimate of drug-likeness (QED) is 0.0511. The summed E-state index contributed by atoms with van der Waals surface area (Å²) in [6.45, 7) is 26.9. The minimum atomic E-state index is -0.816.